The molecule has 0 aliphatic rings. The number of benzene rings is 1. The minimum Gasteiger partial charge on any atom is -0.435 e. The first kappa shape index (κ1) is 16.0. The Hall–Kier alpha value is -1.38. The highest BCUT2D eigenvalue weighted by molar-refractivity contribution is 7.94. The average molecular weight is 354 g/mol. The van der Waals surface area contributed by atoms with Crippen molar-refractivity contribution in [3.63, 3.8) is 0 Å². The van der Waals surface area contributed by atoms with Gasteiger partial charge < -0.3 is 4.74 Å². The van der Waals surface area contributed by atoms with Crippen LogP contribution in [0.1, 0.15) is 5.56 Å². The van der Waals surface area contributed by atoms with Gasteiger partial charge in [-0.05, 0) is 42.8 Å². The van der Waals surface area contributed by atoms with Gasteiger partial charge in [-0.25, -0.2) is 8.42 Å². The minimum atomic E-state index is -3.76. The molecule has 0 bridgehead atoms. The van der Waals surface area contributed by atoms with E-state index in [1.54, 1.807) is 6.92 Å². The van der Waals surface area contributed by atoms with Crippen molar-refractivity contribution >= 4 is 38.6 Å². The van der Waals surface area contributed by atoms with Gasteiger partial charge in [0.05, 0.1) is 10.0 Å². The monoisotopic (exact) mass is 353 g/mol. The number of nitrogens with one attached hydrogen (secondary N) is 1. The molecule has 4 nitrogen and oxygen atoms in total. The molecule has 0 spiro atoms. The van der Waals surface area contributed by atoms with Crippen molar-refractivity contribution in [2.45, 2.75) is 17.7 Å². The number of thiophene rings is 1. The maximum atomic E-state index is 12.1. The SMILES string of the molecule is Cc1cc(OC(F)F)ccc1NS(=O)(=O)c1ccc(Cl)s1. The molecule has 1 aromatic carbocycles. The Kier molecular flexibility index (Phi) is 4.70. The number of anilines is 1. The quantitative estimate of drug-likeness (QED) is 0.880. The fourth-order valence-corrected chi connectivity index (χ4v) is 4.18. The lowest BCUT2D eigenvalue weighted by Gasteiger charge is -2.11. The first-order chi connectivity index (χ1) is 9.78. The van der Waals surface area contributed by atoms with Crippen LogP contribution in [0.4, 0.5) is 14.5 Å². The molecule has 114 valence electrons. The smallest absolute Gasteiger partial charge is 0.387 e. The lowest BCUT2D eigenvalue weighted by Crippen LogP contribution is -2.12. The van der Waals surface area contributed by atoms with Crippen LogP contribution < -0.4 is 9.46 Å². The summed E-state index contributed by atoms with van der Waals surface area (Å²) in [7, 11) is -3.76. The normalized spacial score (nSPS) is 11.7. The van der Waals surface area contributed by atoms with Crippen molar-refractivity contribution in [2.75, 3.05) is 4.72 Å². The van der Waals surface area contributed by atoms with Gasteiger partial charge in [-0.3, -0.25) is 4.72 Å². The summed E-state index contributed by atoms with van der Waals surface area (Å²) < 4.78 is 55.5. The number of ether oxygens (including phenoxy) is 1. The van der Waals surface area contributed by atoms with E-state index in [2.05, 4.69) is 9.46 Å². The number of rotatable bonds is 5. The minimum absolute atomic E-state index is 0.0374. The van der Waals surface area contributed by atoms with Crippen LogP contribution in [0, 0.1) is 6.92 Å². The molecule has 0 aliphatic heterocycles. The Morgan fingerprint density at radius 1 is 1.29 bits per heavy atom. The molecule has 0 fully saturated rings. The zero-order valence-corrected chi connectivity index (χ0v) is 13.0. The van der Waals surface area contributed by atoms with Gasteiger partial charge in [0, 0.05) is 0 Å². The summed E-state index contributed by atoms with van der Waals surface area (Å²) >= 11 is 6.63. The number of hydrogen-bond acceptors (Lipinski definition) is 4. The third-order valence-electron chi connectivity index (χ3n) is 2.48. The van der Waals surface area contributed by atoms with E-state index in [0.717, 1.165) is 11.3 Å². The molecular formula is C12H10ClF2NO3S2. The number of sulfonamides is 1. The predicted molar refractivity (Wildman–Crippen MR) is 77.9 cm³/mol. The van der Waals surface area contributed by atoms with Crippen LogP contribution in [0.15, 0.2) is 34.5 Å². The maximum Gasteiger partial charge on any atom is 0.387 e. The second kappa shape index (κ2) is 6.17. The van der Waals surface area contributed by atoms with Crippen molar-refractivity contribution in [1.82, 2.24) is 0 Å². The zero-order chi connectivity index (χ0) is 15.6. The summed E-state index contributed by atoms with van der Waals surface area (Å²) in [5, 5.41) is 0. The van der Waals surface area contributed by atoms with Crippen LogP contribution in [0.3, 0.4) is 0 Å². The number of halogens is 3. The second-order valence-electron chi connectivity index (χ2n) is 4.02. The Morgan fingerprint density at radius 2 is 2.00 bits per heavy atom. The third kappa shape index (κ3) is 4.05. The fraction of sp³-hybridized carbons (Fsp3) is 0.167. The van der Waals surface area contributed by atoms with Crippen molar-refractivity contribution in [3.05, 3.63) is 40.2 Å². The molecule has 21 heavy (non-hydrogen) atoms. The van der Waals surface area contributed by atoms with Crippen molar-refractivity contribution in [2.24, 2.45) is 0 Å². The van der Waals surface area contributed by atoms with Crippen molar-refractivity contribution in [1.29, 1.82) is 0 Å². The standard InChI is InChI=1S/C12H10ClF2NO3S2/c1-7-6-8(19-12(14)15)2-3-9(7)16-21(17,18)11-5-4-10(13)20-11/h2-6,12,16H,1H3. The topological polar surface area (TPSA) is 55.4 Å². The zero-order valence-electron chi connectivity index (χ0n) is 10.6. The Labute approximate surface area is 129 Å². The van der Waals surface area contributed by atoms with E-state index in [1.807, 2.05) is 0 Å². The van der Waals surface area contributed by atoms with Crippen LogP contribution in [0.25, 0.3) is 0 Å². The highest BCUT2D eigenvalue weighted by atomic mass is 35.5. The molecular weight excluding hydrogens is 344 g/mol. The van der Waals surface area contributed by atoms with Crippen LogP contribution >= 0.6 is 22.9 Å². The summed E-state index contributed by atoms with van der Waals surface area (Å²) in [6.45, 7) is -1.35. The molecule has 1 N–H and O–H groups in total. The van der Waals surface area contributed by atoms with Crippen LogP contribution in [0.2, 0.25) is 4.34 Å². The lowest BCUT2D eigenvalue weighted by atomic mass is 10.2. The van der Waals surface area contributed by atoms with E-state index in [9.17, 15) is 17.2 Å². The molecule has 0 radical (unpaired) electrons. The number of alkyl halides is 2. The van der Waals surface area contributed by atoms with Gasteiger partial charge in [-0.1, -0.05) is 11.6 Å². The van der Waals surface area contributed by atoms with Gasteiger partial charge in [-0.2, -0.15) is 8.78 Å². The van der Waals surface area contributed by atoms with Gasteiger partial charge >= 0.3 is 6.61 Å². The summed E-state index contributed by atoms with van der Waals surface area (Å²) in [6.07, 6.45) is 0. The Bertz CT molecular complexity index is 747. The molecule has 9 heteroatoms. The fourth-order valence-electron chi connectivity index (χ4n) is 1.56. The van der Waals surface area contributed by atoms with E-state index in [4.69, 9.17) is 11.6 Å². The molecule has 0 aliphatic carbocycles. The van der Waals surface area contributed by atoms with Crippen LogP contribution in [0.5, 0.6) is 5.75 Å². The molecule has 0 atom stereocenters. The van der Waals surface area contributed by atoms with E-state index in [0.29, 0.717) is 9.90 Å². The number of hydrogen-bond donors (Lipinski definition) is 1. The molecule has 1 aromatic heterocycles. The van der Waals surface area contributed by atoms with E-state index >= 15 is 0 Å². The van der Waals surface area contributed by atoms with E-state index < -0.39 is 16.6 Å². The summed E-state index contributed by atoms with van der Waals surface area (Å²) in [6, 6.07) is 6.82. The molecule has 0 unspecified atom stereocenters. The first-order valence-electron chi connectivity index (χ1n) is 5.61. The van der Waals surface area contributed by atoms with Crippen molar-refractivity contribution in [3.8, 4) is 5.75 Å². The molecule has 2 aromatic rings. The van der Waals surface area contributed by atoms with Gasteiger partial charge in [0.2, 0.25) is 0 Å². The number of aryl methyl sites for hydroxylation is 1. The lowest BCUT2D eigenvalue weighted by molar-refractivity contribution is -0.0498. The van der Waals surface area contributed by atoms with Gasteiger partial charge in [0.1, 0.15) is 9.96 Å². The van der Waals surface area contributed by atoms with E-state index in [1.165, 1.54) is 30.3 Å². The second-order valence-corrected chi connectivity index (χ2v) is 7.64. The molecule has 1 heterocycles. The van der Waals surface area contributed by atoms with Crippen LogP contribution in [-0.4, -0.2) is 15.0 Å². The Morgan fingerprint density at radius 3 is 2.52 bits per heavy atom. The first-order valence-corrected chi connectivity index (χ1v) is 8.29. The van der Waals surface area contributed by atoms with E-state index in [-0.39, 0.29) is 15.6 Å². The highest BCUT2D eigenvalue weighted by Gasteiger charge is 2.18. The molecule has 2 rings (SSSR count). The molecule has 0 amide bonds. The Balaban J connectivity index is 2.23. The van der Waals surface area contributed by atoms with Crippen LogP contribution in [-0.2, 0) is 10.0 Å². The summed E-state index contributed by atoms with van der Waals surface area (Å²) in [5.74, 6) is -0.0374. The van der Waals surface area contributed by atoms with Gasteiger partial charge in [-0.15, -0.1) is 11.3 Å². The molecule has 0 saturated heterocycles. The van der Waals surface area contributed by atoms with Gasteiger partial charge in [0.25, 0.3) is 10.0 Å². The average Bonchev–Trinajstić information content (AvgIpc) is 2.79. The predicted octanol–water partition coefficient (Wildman–Crippen LogP) is 4.11. The largest absolute Gasteiger partial charge is 0.435 e. The third-order valence-corrected chi connectivity index (χ3v) is 5.57. The highest BCUT2D eigenvalue weighted by Crippen LogP contribution is 2.29. The summed E-state index contributed by atoms with van der Waals surface area (Å²) in [4.78, 5) is 0. The molecule has 0 saturated carbocycles. The summed E-state index contributed by atoms with van der Waals surface area (Å²) in [5.41, 5.74) is 0.737. The van der Waals surface area contributed by atoms with Crippen molar-refractivity contribution < 1.29 is 21.9 Å². The van der Waals surface area contributed by atoms with Gasteiger partial charge in [0.15, 0.2) is 0 Å². The maximum absolute atomic E-state index is 12.1.